The van der Waals surface area contributed by atoms with E-state index in [1.54, 1.807) is 6.92 Å². The lowest BCUT2D eigenvalue weighted by Gasteiger charge is -2.27. The molecule has 0 radical (unpaired) electrons. The topological polar surface area (TPSA) is 88.5 Å². The number of carbonyl (C=O) groups excluding carboxylic acids is 2. The second-order valence-corrected chi connectivity index (χ2v) is 5.75. The SMILES string of the molecule is CNC(=O)NC(=O)C(C)N1CCCN(c2ccccc2C#N)CC1. The first kappa shape index (κ1) is 17.8. The van der Waals surface area contributed by atoms with E-state index in [2.05, 4.69) is 26.5 Å². The molecule has 1 heterocycles. The number of nitriles is 1. The summed E-state index contributed by atoms with van der Waals surface area (Å²) < 4.78 is 0. The number of urea groups is 1. The minimum Gasteiger partial charge on any atom is -0.369 e. The number of anilines is 1. The van der Waals surface area contributed by atoms with E-state index < -0.39 is 6.03 Å². The minimum atomic E-state index is -0.494. The molecule has 1 aliphatic rings. The van der Waals surface area contributed by atoms with Gasteiger partial charge in [-0.05, 0) is 25.5 Å². The zero-order valence-electron chi connectivity index (χ0n) is 14.1. The highest BCUT2D eigenvalue weighted by Gasteiger charge is 2.25. The Morgan fingerprint density at radius 1 is 1.21 bits per heavy atom. The van der Waals surface area contributed by atoms with Crippen LogP contribution in [0.4, 0.5) is 10.5 Å². The number of rotatable bonds is 3. The highest BCUT2D eigenvalue weighted by molar-refractivity contribution is 5.96. The number of para-hydroxylation sites is 1. The van der Waals surface area contributed by atoms with Crippen LogP contribution < -0.4 is 15.5 Å². The Labute approximate surface area is 142 Å². The highest BCUT2D eigenvalue weighted by Crippen LogP contribution is 2.21. The lowest BCUT2D eigenvalue weighted by atomic mass is 10.1. The molecule has 0 bridgehead atoms. The van der Waals surface area contributed by atoms with Crippen molar-refractivity contribution in [2.24, 2.45) is 0 Å². The Kier molecular flexibility index (Phi) is 6.15. The van der Waals surface area contributed by atoms with Crippen molar-refractivity contribution in [2.75, 3.05) is 38.1 Å². The van der Waals surface area contributed by atoms with Gasteiger partial charge in [0.25, 0.3) is 0 Å². The molecule has 1 saturated heterocycles. The predicted molar refractivity (Wildman–Crippen MR) is 91.6 cm³/mol. The first-order valence-electron chi connectivity index (χ1n) is 8.07. The maximum absolute atomic E-state index is 12.1. The van der Waals surface area contributed by atoms with Gasteiger partial charge in [0, 0.05) is 33.2 Å². The van der Waals surface area contributed by atoms with Crippen LogP contribution in [-0.4, -0.2) is 56.1 Å². The van der Waals surface area contributed by atoms with Crippen LogP contribution in [0.1, 0.15) is 18.9 Å². The van der Waals surface area contributed by atoms with Crippen molar-refractivity contribution in [3.63, 3.8) is 0 Å². The van der Waals surface area contributed by atoms with Crippen LogP contribution in [0, 0.1) is 11.3 Å². The molecule has 1 atom stereocenters. The van der Waals surface area contributed by atoms with Crippen LogP contribution in [0.15, 0.2) is 24.3 Å². The summed E-state index contributed by atoms with van der Waals surface area (Å²) in [6.45, 7) is 4.84. The van der Waals surface area contributed by atoms with Gasteiger partial charge in [-0.2, -0.15) is 5.26 Å². The monoisotopic (exact) mass is 329 g/mol. The Morgan fingerprint density at radius 3 is 2.67 bits per heavy atom. The highest BCUT2D eigenvalue weighted by atomic mass is 16.2. The number of carbonyl (C=O) groups is 2. The smallest absolute Gasteiger partial charge is 0.321 e. The summed E-state index contributed by atoms with van der Waals surface area (Å²) in [6.07, 6.45) is 0.886. The van der Waals surface area contributed by atoms with Gasteiger partial charge in [0.15, 0.2) is 0 Å². The average Bonchev–Trinajstić information content (AvgIpc) is 2.86. The predicted octanol–water partition coefficient (Wildman–Crippen LogP) is 0.914. The van der Waals surface area contributed by atoms with E-state index in [-0.39, 0.29) is 11.9 Å². The van der Waals surface area contributed by atoms with E-state index in [1.807, 2.05) is 24.3 Å². The quantitative estimate of drug-likeness (QED) is 0.861. The lowest BCUT2D eigenvalue weighted by Crippen LogP contribution is -2.50. The zero-order chi connectivity index (χ0) is 17.5. The van der Waals surface area contributed by atoms with E-state index in [0.29, 0.717) is 12.1 Å². The standard InChI is InChI=1S/C17H23N5O2/c1-13(16(23)20-17(24)19-2)21-8-5-9-22(11-10-21)15-7-4-3-6-14(15)12-18/h3-4,6-7,13H,5,8-11H2,1-2H3,(H2,19,20,23,24). The molecule has 2 N–H and O–H groups in total. The Balaban J connectivity index is 2.01. The summed E-state index contributed by atoms with van der Waals surface area (Å²) in [5.74, 6) is -0.305. The molecule has 1 unspecified atom stereocenters. The second-order valence-electron chi connectivity index (χ2n) is 5.75. The number of imide groups is 1. The fraction of sp³-hybridized carbons (Fsp3) is 0.471. The first-order chi connectivity index (χ1) is 11.6. The normalized spacial score (nSPS) is 16.6. The van der Waals surface area contributed by atoms with Gasteiger partial charge in [0.05, 0.1) is 17.3 Å². The van der Waals surface area contributed by atoms with Gasteiger partial charge in [-0.3, -0.25) is 15.0 Å². The summed E-state index contributed by atoms with van der Waals surface area (Å²) in [6, 6.07) is 8.91. The van der Waals surface area contributed by atoms with Gasteiger partial charge in [0.2, 0.25) is 5.91 Å². The molecule has 7 heteroatoms. The summed E-state index contributed by atoms with van der Waals surface area (Å²) in [5, 5.41) is 14.0. The van der Waals surface area contributed by atoms with Crippen molar-refractivity contribution < 1.29 is 9.59 Å². The van der Waals surface area contributed by atoms with Crippen molar-refractivity contribution in [2.45, 2.75) is 19.4 Å². The zero-order valence-corrected chi connectivity index (χ0v) is 14.1. The van der Waals surface area contributed by atoms with Gasteiger partial charge in [-0.1, -0.05) is 12.1 Å². The Bertz CT molecular complexity index is 640. The van der Waals surface area contributed by atoms with Crippen LogP contribution in [0.25, 0.3) is 0 Å². The number of hydrogen-bond donors (Lipinski definition) is 2. The van der Waals surface area contributed by atoms with Gasteiger partial charge in [-0.25, -0.2) is 4.79 Å². The van der Waals surface area contributed by atoms with Crippen molar-refractivity contribution in [1.82, 2.24) is 15.5 Å². The van der Waals surface area contributed by atoms with E-state index in [9.17, 15) is 14.9 Å². The molecule has 0 aliphatic carbocycles. The molecule has 7 nitrogen and oxygen atoms in total. The summed E-state index contributed by atoms with van der Waals surface area (Å²) in [7, 11) is 1.48. The lowest BCUT2D eigenvalue weighted by molar-refractivity contribution is -0.124. The molecule has 0 spiro atoms. The van der Waals surface area contributed by atoms with Gasteiger partial charge in [0.1, 0.15) is 6.07 Å². The third kappa shape index (κ3) is 4.24. The van der Waals surface area contributed by atoms with Crippen molar-refractivity contribution in [3.8, 4) is 6.07 Å². The Morgan fingerprint density at radius 2 is 1.96 bits per heavy atom. The maximum atomic E-state index is 12.1. The van der Waals surface area contributed by atoms with E-state index >= 15 is 0 Å². The Hall–Kier alpha value is -2.59. The van der Waals surface area contributed by atoms with Crippen LogP contribution in [-0.2, 0) is 4.79 Å². The molecule has 1 fully saturated rings. The summed E-state index contributed by atoms with van der Waals surface area (Å²) in [4.78, 5) is 27.6. The second kappa shape index (κ2) is 8.31. The van der Waals surface area contributed by atoms with Gasteiger partial charge >= 0.3 is 6.03 Å². The van der Waals surface area contributed by atoms with Crippen LogP contribution in [0.3, 0.4) is 0 Å². The number of benzene rings is 1. The van der Waals surface area contributed by atoms with Crippen molar-refractivity contribution >= 4 is 17.6 Å². The number of hydrogen-bond acceptors (Lipinski definition) is 5. The maximum Gasteiger partial charge on any atom is 0.321 e. The van der Waals surface area contributed by atoms with Gasteiger partial charge in [-0.15, -0.1) is 0 Å². The van der Waals surface area contributed by atoms with Crippen LogP contribution in [0.2, 0.25) is 0 Å². The third-order valence-electron chi connectivity index (χ3n) is 4.29. The molecule has 0 aromatic heterocycles. The fourth-order valence-electron chi connectivity index (χ4n) is 2.85. The molecular formula is C17H23N5O2. The summed E-state index contributed by atoms with van der Waals surface area (Å²) >= 11 is 0. The molecule has 1 aromatic rings. The largest absolute Gasteiger partial charge is 0.369 e. The molecule has 0 saturated carbocycles. The van der Waals surface area contributed by atoms with Crippen molar-refractivity contribution in [3.05, 3.63) is 29.8 Å². The van der Waals surface area contributed by atoms with Gasteiger partial charge < -0.3 is 10.2 Å². The number of nitrogens with zero attached hydrogens (tertiary/aromatic N) is 3. The molecule has 128 valence electrons. The van der Waals surface area contributed by atoms with Crippen LogP contribution in [0.5, 0.6) is 0 Å². The molecule has 2 rings (SSSR count). The van der Waals surface area contributed by atoms with E-state index in [4.69, 9.17) is 0 Å². The summed E-state index contributed by atoms with van der Waals surface area (Å²) in [5.41, 5.74) is 1.60. The molecule has 3 amide bonds. The van der Waals surface area contributed by atoms with Crippen molar-refractivity contribution in [1.29, 1.82) is 5.26 Å². The number of amides is 3. The average molecular weight is 329 g/mol. The van der Waals surface area contributed by atoms with E-state index in [0.717, 1.165) is 31.7 Å². The molecule has 1 aromatic carbocycles. The molecule has 24 heavy (non-hydrogen) atoms. The number of nitrogens with one attached hydrogen (secondary N) is 2. The molecular weight excluding hydrogens is 306 g/mol. The van der Waals surface area contributed by atoms with E-state index in [1.165, 1.54) is 7.05 Å². The van der Waals surface area contributed by atoms with Crippen LogP contribution >= 0.6 is 0 Å². The first-order valence-corrected chi connectivity index (χ1v) is 8.07. The fourth-order valence-corrected chi connectivity index (χ4v) is 2.85. The minimum absolute atomic E-state index is 0.305. The molecule has 1 aliphatic heterocycles. The third-order valence-corrected chi connectivity index (χ3v) is 4.29.